The summed E-state index contributed by atoms with van der Waals surface area (Å²) in [6, 6.07) is 19.8. The number of hydrogen-bond donors (Lipinski definition) is 1. The van der Waals surface area contributed by atoms with Gasteiger partial charge in [0.05, 0.1) is 24.3 Å². The van der Waals surface area contributed by atoms with Crippen LogP contribution in [0.5, 0.6) is 11.5 Å². The van der Waals surface area contributed by atoms with Crippen molar-refractivity contribution in [2.24, 2.45) is 0 Å². The molecule has 222 valence electrons. The minimum absolute atomic E-state index is 0.301. The summed E-state index contributed by atoms with van der Waals surface area (Å²) >= 11 is 0. The Morgan fingerprint density at radius 1 is 0.810 bits per heavy atom. The highest BCUT2D eigenvalue weighted by atomic mass is 19.4. The Bertz CT molecular complexity index is 1440. The van der Waals surface area contributed by atoms with E-state index in [1.807, 2.05) is 18.2 Å². The molecule has 3 aromatic carbocycles. The zero-order valence-electron chi connectivity index (χ0n) is 24.1. The van der Waals surface area contributed by atoms with Crippen LogP contribution in [0, 0.1) is 0 Å². The van der Waals surface area contributed by atoms with E-state index in [0.717, 1.165) is 80.6 Å². The number of halogens is 3. The molecule has 1 aliphatic rings. The first-order valence-corrected chi connectivity index (χ1v) is 14.5. The van der Waals surface area contributed by atoms with Crippen molar-refractivity contribution < 1.29 is 22.6 Å². The van der Waals surface area contributed by atoms with Crippen molar-refractivity contribution in [2.45, 2.75) is 39.4 Å². The van der Waals surface area contributed by atoms with Crippen LogP contribution in [-0.2, 0) is 12.7 Å². The minimum Gasteiger partial charge on any atom is -0.493 e. The number of hydrogen-bond acceptors (Lipinski definition) is 6. The molecule has 0 unspecified atom stereocenters. The van der Waals surface area contributed by atoms with Crippen LogP contribution >= 0.6 is 0 Å². The Morgan fingerprint density at radius 2 is 1.48 bits per heavy atom. The number of fused-ring (bicyclic) bond motifs is 1. The molecule has 4 aromatic rings. The maximum Gasteiger partial charge on any atom is 0.416 e. The zero-order valence-corrected chi connectivity index (χ0v) is 24.1. The van der Waals surface area contributed by atoms with Gasteiger partial charge in [-0.2, -0.15) is 13.2 Å². The molecule has 0 amide bonds. The number of ether oxygens (including phenoxy) is 2. The average molecular weight is 579 g/mol. The summed E-state index contributed by atoms with van der Waals surface area (Å²) in [4.78, 5) is 8.96. The first kappa shape index (κ1) is 29.5. The van der Waals surface area contributed by atoms with Crippen molar-refractivity contribution in [3.63, 3.8) is 0 Å². The Labute approximate surface area is 245 Å². The highest BCUT2D eigenvalue weighted by Crippen LogP contribution is 2.34. The van der Waals surface area contributed by atoms with Gasteiger partial charge in [-0.3, -0.25) is 9.88 Å². The molecule has 1 fully saturated rings. The molecule has 0 aliphatic carbocycles. The predicted octanol–water partition coefficient (Wildman–Crippen LogP) is 7.90. The molecule has 9 heteroatoms. The van der Waals surface area contributed by atoms with Gasteiger partial charge in [0, 0.05) is 79.6 Å². The van der Waals surface area contributed by atoms with Gasteiger partial charge in [-0.25, -0.2) is 0 Å². The second-order valence-electron chi connectivity index (χ2n) is 10.5. The molecule has 0 saturated carbocycles. The predicted molar refractivity (Wildman–Crippen MR) is 162 cm³/mol. The van der Waals surface area contributed by atoms with Crippen LogP contribution in [0.4, 0.5) is 30.2 Å². The van der Waals surface area contributed by atoms with E-state index >= 15 is 0 Å². The van der Waals surface area contributed by atoms with Gasteiger partial charge in [-0.05, 0) is 48.7 Å². The Balaban J connectivity index is 1.18. The monoisotopic (exact) mass is 578 g/mol. The summed E-state index contributed by atoms with van der Waals surface area (Å²) in [6.07, 6.45) is -0.967. The number of anilines is 3. The molecule has 42 heavy (non-hydrogen) atoms. The van der Waals surface area contributed by atoms with E-state index in [0.29, 0.717) is 29.8 Å². The van der Waals surface area contributed by atoms with Gasteiger partial charge in [-0.15, -0.1) is 0 Å². The maximum atomic E-state index is 13.1. The van der Waals surface area contributed by atoms with Crippen LogP contribution in [0.2, 0.25) is 0 Å². The first-order valence-electron chi connectivity index (χ1n) is 14.5. The lowest BCUT2D eigenvalue weighted by atomic mass is 10.1. The summed E-state index contributed by atoms with van der Waals surface area (Å²) < 4.78 is 51.2. The molecule has 0 spiro atoms. The third kappa shape index (κ3) is 7.45. The van der Waals surface area contributed by atoms with Gasteiger partial charge < -0.3 is 19.7 Å². The number of rotatable bonds is 11. The van der Waals surface area contributed by atoms with Crippen molar-refractivity contribution in [2.75, 3.05) is 49.6 Å². The fourth-order valence-electron chi connectivity index (χ4n) is 5.05. The number of pyridine rings is 1. The van der Waals surface area contributed by atoms with E-state index in [9.17, 15) is 13.2 Å². The highest BCUT2D eigenvalue weighted by Gasteiger charge is 2.30. The smallest absolute Gasteiger partial charge is 0.416 e. The quantitative estimate of drug-likeness (QED) is 0.195. The number of nitrogens with one attached hydrogen (secondary N) is 1. The van der Waals surface area contributed by atoms with Crippen molar-refractivity contribution in [3.8, 4) is 11.5 Å². The SMILES string of the molecule is CCCOc1cc(OCCC)cc(N2CCN(Cc3ccc(Nc4ccnc5cc(C(F)(F)F)ccc45)cc3)CC2)c1. The summed E-state index contributed by atoms with van der Waals surface area (Å²) in [5.74, 6) is 1.70. The number of nitrogens with zero attached hydrogens (tertiary/aromatic N) is 3. The summed E-state index contributed by atoms with van der Waals surface area (Å²) in [7, 11) is 0. The van der Waals surface area contributed by atoms with Crippen LogP contribution in [0.1, 0.15) is 37.8 Å². The van der Waals surface area contributed by atoms with Crippen LogP contribution in [0.3, 0.4) is 0 Å². The van der Waals surface area contributed by atoms with E-state index in [1.165, 1.54) is 17.8 Å². The highest BCUT2D eigenvalue weighted by molar-refractivity contribution is 5.93. The fraction of sp³-hybridized carbons (Fsp3) is 0.364. The lowest BCUT2D eigenvalue weighted by Gasteiger charge is -2.36. The molecule has 0 radical (unpaired) electrons. The minimum atomic E-state index is -4.40. The molecule has 5 rings (SSSR count). The largest absolute Gasteiger partial charge is 0.493 e. The Hall–Kier alpha value is -3.98. The summed E-state index contributed by atoms with van der Waals surface area (Å²) in [6.45, 7) is 10.1. The van der Waals surface area contributed by atoms with Crippen molar-refractivity contribution in [1.29, 1.82) is 0 Å². The summed E-state index contributed by atoms with van der Waals surface area (Å²) in [5, 5.41) is 3.97. The summed E-state index contributed by atoms with van der Waals surface area (Å²) in [5.41, 5.74) is 3.50. The van der Waals surface area contributed by atoms with Crippen LogP contribution in [0.25, 0.3) is 10.9 Å². The number of benzene rings is 3. The first-order chi connectivity index (χ1) is 20.3. The van der Waals surface area contributed by atoms with Crippen LogP contribution in [-0.4, -0.2) is 49.3 Å². The molecule has 1 N–H and O–H groups in total. The van der Waals surface area contributed by atoms with E-state index in [2.05, 4.69) is 58.2 Å². The van der Waals surface area contributed by atoms with Gasteiger partial charge in [-0.1, -0.05) is 32.0 Å². The molecule has 0 bridgehead atoms. The second-order valence-corrected chi connectivity index (χ2v) is 10.5. The van der Waals surface area contributed by atoms with Crippen LogP contribution in [0.15, 0.2) is 72.9 Å². The Kier molecular flexibility index (Phi) is 9.37. The Morgan fingerprint density at radius 3 is 2.10 bits per heavy atom. The fourth-order valence-corrected chi connectivity index (χ4v) is 5.05. The second kappa shape index (κ2) is 13.3. The standard InChI is InChI=1S/C33H37F3N4O2/c1-3-17-41-28-20-27(21-29(22-28)42-18-4-2)40-15-13-39(14-16-40)23-24-5-8-26(9-6-24)38-31-11-12-37-32-19-25(33(34,35)36)7-10-30(31)32/h5-12,19-22H,3-4,13-18,23H2,1-2H3,(H,37,38). The molecule has 1 aliphatic heterocycles. The van der Waals surface area contributed by atoms with Gasteiger partial charge in [0.15, 0.2) is 0 Å². The van der Waals surface area contributed by atoms with E-state index in [-0.39, 0.29) is 0 Å². The van der Waals surface area contributed by atoms with Gasteiger partial charge in [0.2, 0.25) is 0 Å². The van der Waals surface area contributed by atoms with E-state index < -0.39 is 11.7 Å². The number of aromatic nitrogens is 1. The number of piperazine rings is 1. The topological polar surface area (TPSA) is 49.9 Å². The normalized spacial score (nSPS) is 14.3. The zero-order chi connectivity index (χ0) is 29.5. The van der Waals surface area contributed by atoms with Gasteiger partial charge >= 0.3 is 6.18 Å². The van der Waals surface area contributed by atoms with Crippen LogP contribution < -0.4 is 19.7 Å². The van der Waals surface area contributed by atoms with Crippen molar-refractivity contribution in [1.82, 2.24) is 9.88 Å². The molecule has 1 aromatic heterocycles. The third-order valence-corrected chi connectivity index (χ3v) is 7.26. The van der Waals surface area contributed by atoms with E-state index in [4.69, 9.17) is 9.47 Å². The third-order valence-electron chi connectivity index (χ3n) is 7.26. The van der Waals surface area contributed by atoms with Gasteiger partial charge in [0.1, 0.15) is 11.5 Å². The van der Waals surface area contributed by atoms with Crippen molar-refractivity contribution >= 4 is 28.0 Å². The molecule has 0 atom stereocenters. The van der Waals surface area contributed by atoms with E-state index in [1.54, 1.807) is 6.07 Å². The molecule has 1 saturated heterocycles. The van der Waals surface area contributed by atoms with Gasteiger partial charge in [0.25, 0.3) is 0 Å². The average Bonchev–Trinajstić information content (AvgIpc) is 2.99. The lowest BCUT2D eigenvalue weighted by molar-refractivity contribution is -0.137. The maximum absolute atomic E-state index is 13.1. The molecular formula is C33H37F3N4O2. The number of alkyl halides is 3. The molecular weight excluding hydrogens is 541 g/mol. The van der Waals surface area contributed by atoms with Crippen molar-refractivity contribution in [3.05, 3.63) is 84.1 Å². The lowest BCUT2D eigenvalue weighted by Crippen LogP contribution is -2.46. The molecule has 2 heterocycles. The molecule has 6 nitrogen and oxygen atoms in total.